The van der Waals surface area contributed by atoms with Crippen LogP contribution in [0.25, 0.3) is 0 Å². The number of rotatable bonds is 36. The van der Waals surface area contributed by atoms with Crippen LogP contribution in [0.3, 0.4) is 0 Å². The highest BCUT2D eigenvalue weighted by Crippen LogP contribution is 2.37. The topological polar surface area (TPSA) is 466 Å². The number of methoxy groups -OCH3 is 3. The molecule has 0 radical (unpaired) electrons. The monoisotopic (exact) mass is 1920 g/mol. The zero-order chi connectivity index (χ0) is 98.2. The van der Waals surface area contributed by atoms with Crippen LogP contribution >= 0.6 is 58.8 Å². The second kappa shape index (κ2) is 51.7. The van der Waals surface area contributed by atoms with Gasteiger partial charge in [-0.2, -0.15) is 0 Å². The molecule has 5 aromatic rings. The van der Waals surface area contributed by atoms with Gasteiger partial charge in [-0.3, -0.25) is 68.9 Å². The van der Waals surface area contributed by atoms with Crippen molar-refractivity contribution in [3.05, 3.63) is 147 Å². The largest absolute Gasteiger partial charge is 0.496 e. The zero-order valence-corrected chi connectivity index (χ0v) is 84.6. The second-order valence-electron chi connectivity index (χ2n) is 32.9. The number of carbonyl (C=O) groups excluding carboxylic acids is 5. The molecule has 0 bridgehead atoms. The van der Waals surface area contributed by atoms with Crippen molar-refractivity contribution in [3.63, 3.8) is 0 Å². The van der Waals surface area contributed by atoms with E-state index in [2.05, 4.69) is 76.7 Å². The number of nitrogens with zero attached hydrogens (tertiary/aromatic N) is 10. The summed E-state index contributed by atoms with van der Waals surface area (Å²) in [5, 5.41) is 22.7. The summed E-state index contributed by atoms with van der Waals surface area (Å²) in [6, 6.07) is 12.8. The SMILES string of the molecule is CCC[C@@H](NC(=O)[C@]1(C)CSC(/C(C)=N/OC)=N1)c1cc(OC)cc(=O)o1.CCC[C@@H](NC(=O)[C@]1(C)CSC(C(C)=NC)=N1)c1cc(C)cc(=O)o1.CCC[C@@H](NC(=O)[C@]1(C)CSC(C(C)=NC)=N1)c1cc(OC)cc(=O)o1.CCC[C@@H](NC(=O)[C@]1(C)CSC(C(C)=NC)=N1)c1cc(OCC)cc(=O)o1.CN=C(C)C1=N[C@](C)(C(=O)N[C@H](CC(C)C)c2cc(OC)cc(=O)o2)CS1. The number of oxime groups is 1. The molecule has 5 aromatic heterocycles. The molecule has 132 heavy (non-hydrogen) atoms. The van der Waals surface area contributed by atoms with Crippen LogP contribution in [0.5, 0.6) is 23.0 Å². The first-order chi connectivity index (χ1) is 62.4. The van der Waals surface area contributed by atoms with Gasteiger partial charge in [-0.15, -0.1) is 58.8 Å². The van der Waals surface area contributed by atoms with E-state index >= 15 is 0 Å². The third-order valence-corrected chi connectivity index (χ3v) is 27.9. The van der Waals surface area contributed by atoms with Gasteiger partial charge in [-0.1, -0.05) is 72.4 Å². The van der Waals surface area contributed by atoms with Crippen LogP contribution in [0.4, 0.5) is 0 Å². The third kappa shape index (κ3) is 31.6. The molecule has 0 fully saturated rings. The summed E-state index contributed by atoms with van der Waals surface area (Å²) in [5.41, 5.74) is -2.14. The molecule has 0 aliphatic carbocycles. The minimum atomic E-state index is -0.935. The Morgan fingerprint density at radius 2 is 0.606 bits per heavy atom. The molecule has 0 unspecified atom stereocenters. The van der Waals surface area contributed by atoms with Crippen molar-refractivity contribution in [1.29, 1.82) is 0 Å². The first-order valence-corrected chi connectivity index (χ1v) is 48.4. The van der Waals surface area contributed by atoms with Crippen LogP contribution < -0.4 is 73.7 Å². The van der Waals surface area contributed by atoms with Crippen molar-refractivity contribution in [2.24, 2.45) is 56.0 Å². The molecule has 0 saturated heterocycles. The van der Waals surface area contributed by atoms with Gasteiger partial charge in [0.05, 0.1) is 105 Å². The van der Waals surface area contributed by atoms with Crippen molar-refractivity contribution >= 4 is 142 Å². The van der Waals surface area contributed by atoms with E-state index in [1.807, 2.05) is 90.0 Å². The first kappa shape index (κ1) is 110. The molecular formula is C92H129N15O20S5. The first-order valence-electron chi connectivity index (χ1n) is 43.4. The molecule has 10 atom stereocenters. The number of thioether (sulfide) groups is 5. The number of ether oxygens (including phenoxy) is 4. The minimum absolute atomic E-state index is 0.165. The van der Waals surface area contributed by atoms with Gasteiger partial charge >= 0.3 is 28.1 Å². The Kier molecular flexibility index (Phi) is 43.2. The Morgan fingerprint density at radius 1 is 0.371 bits per heavy atom. The van der Waals surface area contributed by atoms with Crippen LogP contribution in [-0.2, 0) is 28.8 Å². The van der Waals surface area contributed by atoms with Gasteiger partial charge < -0.3 is 72.5 Å². The van der Waals surface area contributed by atoms with Gasteiger partial charge in [-0.05, 0) is 133 Å². The molecule has 10 heterocycles. The van der Waals surface area contributed by atoms with E-state index in [9.17, 15) is 47.9 Å². The quantitative estimate of drug-likeness (QED) is 0.0184. The Hall–Kier alpha value is -10.5. The maximum Gasteiger partial charge on any atom is 0.339 e. The smallest absolute Gasteiger partial charge is 0.339 e. The number of hydrogen-bond donors (Lipinski definition) is 5. The number of aliphatic imine (C=N–C) groups is 9. The molecule has 5 N–H and O–H groups in total. The molecule has 35 nitrogen and oxygen atoms in total. The lowest BCUT2D eigenvalue weighted by Crippen LogP contribution is -2.45. The van der Waals surface area contributed by atoms with E-state index in [1.54, 1.807) is 93.1 Å². The molecule has 722 valence electrons. The van der Waals surface area contributed by atoms with Crippen molar-refractivity contribution in [2.75, 3.05) is 92.0 Å². The predicted molar refractivity (Wildman–Crippen MR) is 532 cm³/mol. The van der Waals surface area contributed by atoms with Gasteiger partial charge in [-0.25, -0.2) is 24.0 Å². The van der Waals surface area contributed by atoms with Crippen LogP contribution in [0, 0.1) is 12.8 Å². The van der Waals surface area contributed by atoms with E-state index in [-0.39, 0.29) is 41.5 Å². The Balaban J connectivity index is 0.000000254. The molecule has 5 aliphatic rings. The van der Waals surface area contributed by atoms with Gasteiger partial charge in [0.25, 0.3) is 0 Å². The third-order valence-electron chi connectivity index (χ3n) is 21.0. The summed E-state index contributed by atoms with van der Waals surface area (Å²) < 4.78 is 47.4. The maximum absolute atomic E-state index is 13.0. The van der Waals surface area contributed by atoms with E-state index in [4.69, 9.17) is 45.9 Å². The highest BCUT2D eigenvalue weighted by Gasteiger charge is 2.45. The van der Waals surface area contributed by atoms with E-state index in [1.165, 1.54) is 118 Å². The summed E-state index contributed by atoms with van der Waals surface area (Å²) in [6.07, 6.45) is 6.48. The lowest BCUT2D eigenvalue weighted by molar-refractivity contribution is -0.126. The fourth-order valence-electron chi connectivity index (χ4n) is 13.1. The van der Waals surface area contributed by atoms with E-state index in [0.29, 0.717) is 130 Å². The highest BCUT2D eigenvalue weighted by atomic mass is 32.2. The molecule has 0 aromatic carbocycles. The Labute approximate surface area is 792 Å². The average Bonchev–Trinajstić information content (AvgIpc) is 1.62. The van der Waals surface area contributed by atoms with Crippen molar-refractivity contribution in [1.82, 2.24) is 26.6 Å². The zero-order valence-electron chi connectivity index (χ0n) is 80.5. The van der Waals surface area contributed by atoms with Crippen LogP contribution in [-0.4, -0.2) is 203 Å². The standard InChI is InChI=1S/2C19H27N3O4S.C18H25N3O5S.C18H25N3O4S.C18H25N3O3S/c1-11(2)7-14(15-8-13(25-6)9-16(23)26-15)21-18(24)19(4)10-27-17(22-19)12(3)20-5;1-6-8-14(15-9-13(25-7-2)10-16(23)26-15)21-18(24)19(4)11-27-17(22-19)12(3)20-5;1-6-7-13(14-8-12(24-4)9-15(22)26-14)19-17(23)18(3)10-27-16(20-18)11(2)21-25-5;1-6-7-13(14-8-12(24-5)9-15(22)25-14)20-17(23)18(3)10-26-16(21-18)11(2)19-4;1-6-7-13(14-8-11(2)9-15(22)24-14)20-17(23)18(4)10-25-16(21-18)12(3)19-5/h8-9,11,14H,7,10H2,1-6H3,(H,21,24);9-10,14H,6-8,11H2,1-5H3,(H,21,24);8-9,13H,6-7,10H2,1-5H3,(H,19,23);8-9,13H,6-7,10H2,1-5H3,(H,20,23);8-9,13H,6-7,10H2,1-5H3,(H,20,23)/b;;21-11+;;/t2*14-,19+;3*13-,18+/m11111/s1. The van der Waals surface area contributed by atoms with Crippen molar-refractivity contribution in [2.45, 2.75) is 240 Å². The van der Waals surface area contributed by atoms with Gasteiger partial charge in [0.1, 0.15) is 118 Å². The number of hydrogen-bond acceptors (Lipinski definition) is 35. The summed E-state index contributed by atoms with van der Waals surface area (Å²) in [6.45, 7) is 34.5. The summed E-state index contributed by atoms with van der Waals surface area (Å²) in [5.74, 6) is 5.63. The highest BCUT2D eigenvalue weighted by molar-refractivity contribution is 8.17. The lowest BCUT2D eigenvalue weighted by Gasteiger charge is -2.25. The predicted octanol–water partition coefficient (Wildman–Crippen LogP) is 13.9. The summed E-state index contributed by atoms with van der Waals surface area (Å²) in [7, 11) is 12.7. The summed E-state index contributed by atoms with van der Waals surface area (Å²) in [4.78, 5) is 168. The fraction of sp³-hybridized carbons (Fsp3) is 0.565. The lowest BCUT2D eigenvalue weighted by atomic mass is 9.98. The molecular weight excluding hydrogens is 1800 g/mol. The van der Waals surface area contributed by atoms with Crippen molar-refractivity contribution in [3.8, 4) is 23.0 Å². The summed E-state index contributed by atoms with van der Waals surface area (Å²) >= 11 is 7.56. The number of amides is 5. The number of aryl methyl sites for hydroxylation is 1. The number of nitrogens with one attached hydrogen (secondary N) is 5. The average molecular weight is 1930 g/mol. The van der Waals surface area contributed by atoms with Crippen LogP contribution in [0.1, 0.15) is 240 Å². The van der Waals surface area contributed by atoms with Gasteiger partial charge in [0.15, 0.2) is 0 Å². The second-order valence-corrected chi connectivity index (χ2v) is 37.7. The minimum Gasteiger partial charge on any atom is -0.496 e. The maximum atomic E-state index is 13.0. The van der Waals surface area contributed by atoms with E-state index in [0.717, 1.165) is 74.3 Å². The molecule has 0 saturated carbocycles. The van der Waals surface area contributed by atoms with Crippen molar-refractivity contribution < 1.29 is 69.8 Å². The molecule has 5 amide bonds. The van der Waals surface area contributed by atoms with Gasteiger partial charge in [0, 0.05) is 87.3 Å². The van der Waals surface area contributed by atoms with Crippen LogP contribution in [0.15, 0.2) is 157 Å². The molecule has 5 aliphatic heterocycles. The number of carbonyl (C=O) groups is 5. The molecule has 40 heteroatoms. The molecule has 0 spiro atoms. The van der Waals surface area contributed by atoms with E-state index < -0.39 is 80.0 Å². The van der Waals surface area contributed by atoms with Gasteiger partial charge in [0.2, 0.25) is 29.5 Å². The fourth-order valence-corrected chi connectivity index (χ4v) is 19.0. The molecule has 10 rings (SSSR count). The normalized spacial score (nSPS) is 21.2. The van der Waals surface area contributed by atoms with Crippen LogP contribution in [0.2, 0.25) is 0 Å². The Morgan fingerprint density at radius 3 is 0.841 bits per heavy atom. The Bertz CT molecular complexity index is 5520.